The summed E-state index contributed by atoms with van der Waals surface area (Å²) >= 11 is 0. The second-order valence-electron chi connectivity index (χ2n) is 4.73. The molecule has 0 amide bonds. The highest BCUT2D eigenvalue weighted by Crippen LogP contribution is 2.19. The molecular weight excluding hydrogens is 236 g/mol. The Hall–Kier alpha value is -1.64. The first-order chi connectivity index (χ1) is 9.27. The van der Waals surface area contributed by atoms with Crippen LogP contribution in [0.15, 0.2) is 48.5 Å². The fraction of sp³-hybridized carbons (Fsp3) is 0.500. The molecule has 1 fully saturated rings. The molecule has 0 aromatic carbocycles. The van der Waals surface area contributed by atoms with Crippen molar-refractivity contribution in [1.82, 2.24) is 5.32 Å². The number of nitrogens with one attached hydrogen (secondary N) is 1. The summed E-state index contributed by atoms with van der Waals surface area (Å²) < 4.78 is 5.03. The molecule has 0 spiro atoms. The summed E-state index contributed by atoms with van der Waals surface area (Å²) in [6, 6.07) is 0.552. The number of rotatable bonds is 7. The van der Waals surface area contributed by atoms with Crippen LogP contribution in [0.1, 0.15) is 39.0 Å². The first-order valence-electron chi connectivity index (χ1n) is 7.06. The fourth-order valence-electron chi connectivity index (χ4n) is 2.19. The van der Waals surface area contributed by atoms with Crippen molar-refractivity contribution in [3.05, 3.63) is 48.5 Å². The maximum atomic E-state index is 6.02. The molecule has 1 rings (SSSR count). The van der Waals surface area contributed by atoms with Crippen LogP contribution in [0.4, 0.5) is 0 Å². The highest BCUT2D eigenvalue weighted by Gasteiger charge is 2.14. The van der Waals surface area contributed by atoms with Crippen molar-refractivity contribution >= 4 is 0 Å². The van der Waals surface area contributed by atoms with Crippen LogP contribution in [-0.4, -0.2) is 12.6 Å². The van der Waals surface area contributed by atoms with Crippen molar-refractivity contribution in [2.45, 2.75) is 45.1 Å². The van der Waals surface area contributed by atoms with E-state index in [4.69, 9.17) is 10.5 Å². The Kier molecular flexibility index (Phi) is 7.56. The first-order valence-corrected chi connectivity index (χ1v) is 7.06. The van der Waals surface area contributed by atoms with E-state index in [1.807, 2.05) is 31.2 Å². The summed E-state index contributed by atoms with van der Waals surface area (Å²) in [7, 11) is 0. The first kappa shape index (κ1) is 15.4. The van der Waals surface area contributed by atoms with Gasteiger partial charge < -0.3 is 15.8 Å². The van der Waals surface area contributed by atoms with Crippen LogP contribution in [0.5, 0.6) is 0 Å². The summed E-state index contributed by atoms with van der Waals surface area (Å²) in [6.07, 6.45) is 15.7. The van der Waals surface area contributed by atoms with Crippen molar-refractivity contribution < 1.29 is 4.74 Å². The van der Waals surface area contributed by atoms with Gasteiger partial charge in [-0.05, 0) is 31.9 Å². The van der Waals surface area contributed by atoms with Crippen LogP contribution < -0.4 is 11.1 Å². The normalized spacial score (nSPS) is 18.6. The zero-order valence-electron chi connectivity index (χ0n) is 11.9. The Labute approximate surface area is 116 Å². The van der Waals surface area contributed by atoms with Crippen LogP contribution in [-0.2, 0) is 4.74 Å². The lowest BCUT2D eigenvalue weighted by Gasteiger charge is -2.25. The van der Waals surface area contributed by atoms with E-state index in [2.05, 4.69) is 11.9 Å². The minimum absolute atomic E-state index is 0.534. The van der Waals surface area contributed by atoms with Gasteiger partial charge in [0.05, 0.1) is 17.7 Å². The van der Waals surface area contributed by atoms with Crippen LogP contribution in [0.3, 0.4) is 0 Å². The maximum absolute atomic E-state index is 6.02. The lowest BCUT2D eigenvalue weighted by Crippen LogP contribution is -2.32. The molecule has 0 aliphatic heterocycles. The van der Waals surface area contributed by atoms with Crippen LogP contribution in [0.25, 0.3) is 0 Å². The molecule has 1 aliphatic carbocycles. The number of allylic oxidation sites excluding steroid dienone is 3. The van der Waals surface area contributed by atoms with E-state index in [1.54, 1.807) is 0 Å². The molecule has 0 saturated heterocycles. The molecule has 0 atom stereocenters. The topological polar surface area (TPSA) is 47.3 Å². The number of nitrogens with two attached hydrogens (primary N) is 1. The summed E-state index contributed by atoms with van der Waals surface area (Å²) in [5, 5.41) is 3.55. The average molecular weight is 262 g/mol. The van der Waals surface area contributed by atoms with Crippen molar-refractivity contribution in [3.63, 3.8) is 0 Å². The number of hydrogen-bond donors (Lipinski definition) is 2. The molecule has 3 heteroatoms. The zero-order chi connectivity index (χ0) is 13.9. The Morgan fingerprint density at radius 2 is 2.11 bits per heavy atom. The third kappa shape index (κ3) is 6.18. The van der Waals surface area contributed by atoms with E-state index in [1.165, 1.54) is 38.4 Å². The molecule has 0 aromatic heterocycles. The van der Waals surface area contributed by atoms with Crippen molar-refractivity contribution in [2.75, 3.05) is 6.61 Å². The highest BCUT2D eigenvalue weighted by atomic mass is 16.5. The molecule has 0 radical (unpaired) electrons. The molecule has 3 N–H and O–H groups in total. The summed E-state index contributed by atoms with van der Waals surface area (Å²) in [5.41, 5.74) is 7.82. The summed E-state index contributed by atoms with van der Waals surface area (Å²) in [4.78, 5) is 0. The zero-order valence-corrected chi connectivity index (χ0v) is 11.9. The molecule has 106 valence electrons. The minimum Gasteiger partial charge on any atom is -0.498 e. The molecule has 1 aliphatic rings. The van der Waals surface area contributed by atoms with Crippen molar-refractivity contribution in [1.29, 1.82) is 0 Å². The average Bonchev–Trinajstić information content (AvgIpc) is 2.46. The Morgan fingerprint density at radius 1 is 1.37 bits per heavy atom. The Bertz CT molecular complexity index is 350. The quantitative estimate of drug-likeness (QED) is 0.420. The predicted octanol–water partition coefficient (Wildman–Crippen LogP) is 3.37. The largest absolute Gasteiger partial charge is 0.498 e. The fourth-order valence-corrected chi connectivity index (χ4v) is 2.19. The van der Waals surface area contributed by atoms with Gasteiger partial charge in [0.1, 0.15) is 6.61 Å². The van der Waals surface area contributed by atoms with Crippen LogP contribution in [0, 0.1) is 0 Å². The Balaban J connectivity index is 2.57. The van der Waals surface area contributed by atoms with Gasteiger partial charge in [-0.25, -0.2) is 0 Å². The van der Waals surface area contributed by atoms with Crippen molar-refractivity contribution in [3.8, 4) is 0 Å². The SMILES string of the molecule is C=COC/C=C/C=C(/NC1CCCCC1)C(N)=CC. The molecule has 3 nitrogen and oxygen atoms in total. The third-order valence-corrected chi connectivity index (χ3v) is 3.30. The Morgan fingerprint density at radius 3 is 2.74 bits per heavy atom. The van der Waals surface area contributed by atoms with Gasteiger partial charge in [-0.1, -0.05) is 38.0 Å². The van der Waals surface area contributed by atoms with Gasteiger partial charge in [0.2, 0.25) is 0 Å². The van der Waals surface area contributed by atoms with E-state index in [0.717, 1.165) is 11.4 Å². The van der Waals surface area contributed by atoms with Gasteiger partial charge in [-0.15, -0.1) is 0 Å². The lowest BCUT2D eigenvalue weighted by atomic mass is 9.95. The van der Waals surface area contributed by atoms with Gasteiger partial charge in [-0.2, -0.15) is 0 Å². The van der Waals surface area contributed by atoms with Gasteiger partial charge in [0.15, 0.2) is 0 Å². The van der Waals surface area contributed by atoms with Crippen molar-refractivity contribution in [2.24, 2.45) is 5.73 Å². The molecular formula is C16H26N2O. The molecule has 0 aromatic rings. The second-order valence-corrected chi connectivity index (χ2v) is 4.73. The minimum atomic E-state index is 0.534. The van der Waals surface area contributed by atoms with E-state index in [-0.39, 0.29) is 0 Å². The maximum Gasteiger partial charge on any atom is 0.106 e. The molecule has 0 heterocycles. The highest BCUT2D eigenvalue weighted by molar-refractivity contribution is 5.30. The molecule has 0 bridgehead atoms. The lowest BCUT2D eigenvalue weighted by molar-refractivity contribution is 0.291. The van der Waals surface area contributed by atoms with Crippen LogP contribution >= 0.6 is 0 Å². The van der Waals surface area contributed by atoms with Gasteiger partial charge in [-0.3, -0.25) is 0 Å². The van der Waals surface area contributed by atoms with Gasteiger partial charge >= 0.3 is 0 Å². The molecule has 19 heavy (non-hydrogen) atoms. The van der Waals surface area contributed by atoms with E-state index < -0.39 is 0 Å². The molecule has 1 saturated carbocycles. The van der Waals surface area contributed by atoms with Gasteiger partial charge in [0.25, 0.3) is 0 Å². The monoisotopic (exact) mass is 262 g/mol. The smallest absolute Gasteiger partial charge is 0.106 e. The second kappa shape index (κ2) is 9.31. The van der Waals surface area contributed by atoms with Gasteiger partial charge in [0, 0.05) is 6.04 Å². The summed E-state index contributed by atoms with van der Waals surface area (Å²) in [6.45, 7) is 5.99. The predicted molar refractivity (Wildman–Crippen MR) is 81.3 cm³/mol. The van der Waals surface area contributed by atoms with E-state index >= 15 is 0 Å². The molecule has 0 unspecified atom stereocenters. The third-order valence-electron chi connectivity index (χ3n) is 3.30. The van der Waals surface area contributed by atoms with E-state index in [0.29, 0.717) is 12.6 Å². The van der Waals surface area contributed by atoms with Crippen LogP contribution in [0.2, 0.25) is 0 Å². The van der Waals surface area contributed by atoms with E-state index in [9.17, 15) is 0 Å². The summed E-state index contributed by atoms with van der Waals surface area (Å²) in [5.74, 6) is 0. The number of hydrogen-bond acceptors (Lipinski definition) is 3. The standard InChI is InChI=1S/C16H26N2O/c1-3-15(17)16(12-8-9-13-19-4-2)18-14-10-6-5-7-11-14/h3-4,8-9,12,14,18H,2,5-7,10-11,13,17H2,1H3/b9-8+,15-3?,16-12+. The number of ether oxygens (including phenoxy) is 1.